The van der Waals surface area contributed by atoms with Gasteiger partial charge in [-0.1, -0.05) is 23.8 Å². The molecule has 2 N–H and O–H groups in total. The quantitative estimate of drug-likeness (QED) is 0.893. The second-order valence-corrected chi connectivity index (χ2v) is 4.60. The van der Waals surface area contributed by atoms with Gasteiger partial charge in [-0.2, -0.15) is 0 Å². The van der Waals surface area contributed by atoms with Gasteiger partial charge in [0, 0.05) is 18.4 Å². The number of benzene rings is 1. The van der Waals surface area contributed by atoms with Crippen LogP contribution in [0.5, 0.6) is 0 Å². The van der Waals surface area contributed by atoms with Crippen molar-refractivity contribution >= 4 is 11.5 Å². The van der Waals surface area contributed by atoms with Crippen LogP contribution in [0.4, 0.5) is 11.5 Å². The van der Waals surface area contributed by atoms with Gasteiger partial charge in [-0.05, 0) is 50.6 Å². The molecule has 1 aromatic carbocycles. The minimum absolute atomic E-state index is 0.643. The SMILES string of the molecule is CCN(c1ccc(C)cc1)c1ncccc1CCN. The van der Waals surface area contributed by atoms with Crippen LogP contribution in [-0.2, 0) is 6.42 Å². The van der Waals surface area contributed by atoms with Crippen LogP contribution in [0.15, 0.2) is 42.6 Å². The number of nitrogens with zero attached hydrogens (tertiary/aromatic N) is 2. The number of anilines is 2. The number of hydrogen-bond acceptors (Lipinski definition) is 3. The van der Waals surface area contributed by atoms with Gasteiger partial charge in [0.1, 0.15) is 5.82 Å². The molecule has 100 valence electrons. The molecule has 0 amide bonds. The molecule has 1 heterocycles. The summed E-state index contributed by atoms with van der Waals surface area (Å²) in [5.41, 5.74) is 9.32. The Labute approximate surface area is 115 Å². The van der Waals surface area contributed by atoms with Crippen molar-refractivity contribution in [1.82, 2.24) is 4.98 Å². The van der Waals surface area contributed by atoms with E-state index < -0.39 is 0 Å². The molecule has 3 nitrogen and oxygen atoms in total. The highest BCUT2D eigenvalue weighted by Gasteiger charge is 2.12. The van der Waals surface area contributed by atoms with Gasteiger partial charge in [0.2, 0.25) is 0 Å². The highest BCUT2D eigenvalue weighted by molar-refractivity contribution is 5.63. The summed E-state index contributed by atoms with van der Waals surface area (Å²) in [6.07, 6.45) is 2.69. The molecule has 2 rings (SSSR count). The Morgan fingerprint density at radius 1 is 1.16 bits per heavy atom. The van der Waals surface area contributed by atoms with Crippen molar-refractivity contribution in [2.75, 3.05) is 18.0 Å². The van der Waals surface area contributed by atoms with Gasteiger partial charge in [0.25, 0.3) is 0 Å². The fourth-order valence-electron chi connectivity index (χ4n) is 2.20. The second-order valence-electron chi connectivity index (χ2n) is 4.60. The highest BCUT2D eigenvalue weighted by Crippen LogP contribution is 2.26. The lowest BCUT2D eigenvalue weighted by Gasteiger charge is -2.24. The lowest BCUT2D eigenvalue weighted by molar-refractivity contribution is 0.919. The van der Waals surface area contributed by atoms with Crippen molar-refractivity contribution in [2.24, 2.45) is 5.73 Å². The molecule has 0 aliphatic carbocycles. The number of hydrogen-bond donors (Lipinski definition) is 1. The van der Waals surface area contributed by atoms with Gasteiger partial charge < -0.3 is 10.6 Å². The normalized spacial score (nSPS) is 10.5. The monoisotopic (exact) mass is 255 g/mol. The third-order valence-corrected chi connectivity index (χ3v) is 3.20. The molecular weight excluding hydrogens is 234 g/mol. The van der Waals surface area contributed by atoms with E-state index in [0.29, 0.717) is 6.54 Å². The van der Waals surface area contributed by atoms with Crippen LogP contribution in [0, 0.1) is 6.92 Å². The van der Waals surface area contributed by atoms with Gasteiger partial charge in [-0.3, -0.25) is 0 Å². The van der Waals surface area contributed by atoms with Crippen LogP contribution < -0.4 is 10.6 Å². The van der Waals surface area contributed by atoms with E-state index in [2.05, 4.69) is 54.1 Å². The Hall–Kier alpha value is -1.87. The van der Waals surface area contributed by atoms with Crippen molar-refractivity contribution in [3.05, 3.63) is 53.7 Å². The van der Waals surface area contributed by atoms with Gasteiger partial charge in [-0.25, -0.2) is 4.98 Å². The Bertz CT molecular complexity index is 520. The van der Waals surface area contributed by atoms with Gasteiger partial charge in [0.05, 0.1) is 0 Å². The molecule has 0 fully saturated rings. The van der Waals surface area contributed by atoms with Gasteiger partial charge in [-0.15, -0.1) is 0 Å². The Balaban J connectivity index is 2.39. The third-order valence-electron chi connectivity index (χ3n) is 3.20. The summed E-state index contributed by atoms with van der Waals surface area (Å²) in [5, 5.41) is 0. The van der Waals surface area contributed by atoms with E-state index in [4.69, 9.17) is 5.73 Å². The van der Waals surface area contributed by atoms with E-state index >= 15 is 0 Å². The Morgan fingerprint density at radius 2 is 1.89 bits per heavy atom. The fraction of sp³-hybridized carbons (Fsp3) is 0.312. The molecule has 1 aromatic heterocycles. The zero-order valence-electron chi connectivity index (χ0n) is 11.6. The van der Waals surface area contributed by atoms with Crippen molar-refractivity contribution in [3.8, 4) is 0 Å². The maximum Gasteiger partial charge on any atom is 0.136 e. The van der Waals surface area contributed by atoms with Crippen LogP contribution in [0.25, 0.3) is 0 Å². The fourth-order valence-corrected chi connectivity index (χ4v) is 2.20. The highest BCUT2D eigenvalue weighted by atomic mass is 15.2. The van der Waals surface area contributed by atoms with Gasteiger partial charge >= 0.3 is 0 Å². The molecular formula is C16H21N3. The zero-order chi connectivity index (χ0) is 13.7. The number of rotatable bonds is 5. The predicted octanol–water partition coefficient (Wildman–Crippen LogP) is 3.05. The summed E-state index contributed by atoms with van der Waals surface area (Å²) in [5.74, 6) is 1.01. The molecule has 19 heavy (non-hydrogen) atoms. The molecule has 0 bridgehead atoms. The summed E-state index contributed by atoms with van der Waals surface area (Å²) in [6, 6.07) is 12.6. The lowest BCUT2D eigenvalue weighted by atomic mass is 10.1. The number of nitrogens with two attached hydrogens (primary N) is 1. The van der Waals surface area contributed by atoms with Crippen molar-refractivity contribution in [1.29, 1.82) is 0 Å². The first-order chi connectivity index (χ1) is 9.26. The molecule has 0 aliphatic heterocycles. The van der Waals surface area contributed by atoms with Crippen LogP contribution in [0.1, 0.15) is 18.1 Å². The first-order valence-electron chi connectivity index (χ1n) is 6.74. The average molecular weight is 255 g/mol. The average Bonchev–Trinajstić information content (AvgIpc) is 2.44. The summed E-state index contributed by atoms with van der Waals surface area (Å²) >= 11 is 0. The van der Waals surface area contributed by atoms with E-state index in [0.717, 1.165) is 18.8 Å². The van der Waals surface area contributed by atoms with E-state index in [1.807, 2.05) is 12.3 Å². The molecule has 0 radical (unpaired) electrons. The van der Waals surface area contributed by atoms with Crippen molar-refractivity contribution in [3.63, 3.8) is 0 Å². The van der Waals surface area contributed by atoms with Crippen LogP contribution >= 0.6 is 0 Å². The predicted molar refractivity (Wildman–Crippen MR) is 80.9 cm³/mol. The van der Waals surface area contributed by atoms with Crippen molar-refractivity contribution < 1.29 is 0 Å². The largest absolute Gasteiger partial charge is 0.330 e. The second kappa shape index (κ2) is 6.34. The lowest BCUT2D eigenvalue weighted by Crippen LogP contribution is -2.20. The van der Waals surface area contributed by atoms with E-state index in [9.17, 15) is 0 Å². The third kappa shape index (κ3) is 3.12. The Morgan fingerprint density at radius 3 is 2.53 bits per heavy atom. The molecule has 0 saturated heterocycles. The first kappa shape index (κ1) is 13.6. The van der Waals surface area contributed by atoms with Crippen LogP contribution in [-0.4, -0.2) is 18.1 Å². The van der Waals surface area contributed by atoms with E-state index in [1.54, 1.807) is 0 Å². The summed E-state index contributed by atoms with van der Waals surface area (Å²) in [4.78, 5) is 6.76. The van der Waals surface area contributed by atoms with Gasteiger partial charge in [0.15, 0.2) is 0 Å². The maximum atomic E-state index is 5.68. The molecule has 0 saturated carbocycles. The summed E-state index contributed by atoms with van der Waals surface area (Å²) in [6.45, 7) is 5.77. The number of aromatic nitrogens is 1. The molecule has 0 spiro atoms. The molecule has 0 atom stereocenters. The minimum Gasteiger partial charge on any atom is -0.330 e. The molecule has 3 heteroatoms. The summed E-state index contributed by atoms with van der Waals surface area (Å²) < 4.78 is 0. The first-order valence-corrected chi connectivity index (χ1v) is 6.74. The number of pyridine rings is 1. The maximum absolute atomic E-state index is 5.68. The smallest absolute Gasteiger partial charge is 0.136 e. The van der Waals surface area contributed by atoms with Crippen LogP contribution in [0.3, 0.4) is 0 Å². The summed E-state index contributed by atoms with van der Waals surface area (Å²) in [7, 11) is 0. The topological polar surface area (TPSA) is 42.2 Å². The molecule has 0 aliphatic rings. The van der Waals surface area contributed by atoms with Crippen LogP contribution in [0.2, 0.25) is 0 Å². The Kier molecular flexibility index (Phi) is 4.53. The zero-order valence-corrected chi connectivity index (χ0v) is 11.6. The standard InChI is InChI=1S/C16H21N3/c1-3-19(15-8-6-13(2)7-9-15)16-14(10-11-17)5-4-12-18-16/h4-9,12H,3,10-11,17H2,1-2H3. The molecule has 0 unspecified atom stereocenters. The minimum atomic E-state index is 0.643. The van der Waals surface area contributed by atoms with Crippen molar-refractivity contribution in [2.45, 2.75) is 20.3 Å². The van der Waals surface area contributed by atoms with E-state index in [-0.39, 0.29) is 0 Å². The van der Waals surface area contributed by atoms with E-state index in [1.165, 1.54) is 16.8 Å². The molecule has 2 aromatic rings. The number of aryl methyl sites for hydroxylation is 1.